The van der Waals surface area contributed by atoms with E-state index < -0.39 is 5.97 Å². The van der Waals surface area contributed by atoms with Gasteiger partial charge < -0.3 is 10.0 Å². The van der Waals surface area contributed by atoms with Gasteiger partial charge in [0, 0.05) is 17.2 Å². The summed E-state index contributed by atoms with van der Waals surface area (Å²) in [5, 5.41) is 10.5. The largest absolute Gasteiger partial charge is 0.481 e. The van der Waals surface area contributed by atoms with Gasteiger partial charge >= 0.3 is 5.97 Å². The second-order valence-corrected chi connectivity index (χ2v) is 5.98. The van der Waals surface area contributed by atoms with E-state index in [-0.39, 0.29) is 12.3 Å². The summed E-state index contributed by atoms with van der Waals surface area (Å²) < 4.78 is 0. The van der Waals surface area contributed by atoms with Crippen LogP contribution in [-0.2, 0) is 16.1 Å². The Morgan fingerprint density at radius 2 is 2.32 bits per heavy atom. The maximum atomic E-state index is 12.0. The van der Waals surface area contributed by atoms with Crippen LogP contribution in [0.2, 0.25) is 0 Å². The predicted molar refractivity (Wildman–Crippen MR) is 79.5 cm³/mol. The minimum absolute atomic E-state index is 0.0173. The Morgan fingerprint density at radius 3 is 2.89 bits per heavy atom. The van der Waals surface area contributed by atoms with Gasteiger partial charge in [0.1, 0.15) is 0 Å². The number of rotatable bonds is 9. The van der Waals surface area contributed by atoms with Crippen molar-refractivity contribution in [3.05, 3.63) is 35.0 Å². The fourth-order valence-electron chi connectivity index (χ4n) is 1.41. The molecule has 0 radical (unpaired) electrons. The van der Waals surface area contributed by atoms with Crippen LogP contribution in [0.15, 0.2) is 30.2 Å². The SMILES string of the molecule is C=CCN(Cc1cccs1)C(=O)CSCCC(=O)O. The van der Waals surface area contributed by atoms with Crippen molar-refractivity contribution < 1.29 is 14.7 Å². The van der Waals surface area contributed by atoms with Crippen molar-refractivity contribution in [3.63, 3.8) is 0 Å². The van der Waals surface area contributed by atoms with Gasteiger partial charge in [0.25, 0.3) is 0 Å². The smallest absolute Gasteiger partial charge is 0.304 e. The molecule has 0 aromatic carbocycles. The number of thioether (sulfide) groups is 1. The highest BCUT2D eigenvalue weighted by atomic mass is 32.2. The van der Waals surface area contributed by atoms with Crippen LogP contribution in [0.1, 0.15) is 11.3 Å². The minimum atomic E-state index is -0.832. The lowest BCUT2D eigenvalue weighted by Gasteiger charge is -2.20. The number of thiophene rings is 1. The molecule has 1 rings (SSSR count). The zero-order chi connectivity index (χ0) is 14.1. The molecule has 1 amide bonds. The van der Waals surface area contributed by atoms with E-state index in [0.29, 0.717) is 24.6 Å². The molecule has 0 aliphatic rings. The molecule has 1 aromatic heterocycles. The highest BCUT2D eigenvalue weighted by molar-refractivity contribution is 7.99. The van der Waals surface area contributed by atoms with Crippen LogP contribution in [0.25, 0.3) is 0 Å². The van der Waals surface area contributed by atoms with Crippen LogP contribution in [0.4, 0.5) is 0 Å². The monoisotopic (exact) mass is 299 g/mol. The molecule has 0 aliphatic carbocycles. The van der Waals surface area contributed by atoms with Crippen LogP contribution in [0, 0.1) is 0 Å². The predicted octanol–water partition coefficient (Wildman–Crippen LogP) is 2.47. The summed E-state index contributed by atoms with van der Waals surface area (Å²) in [5.41, 5.74) is 0. The van der Waals surface area contributed by atoms with E-state index in [9.17, 15) is 9.59 Å². The van der Waals surface area contributed by atoms with Crippen LogP contribution < -0.4 is 0 Å². The highest BCUT2D eigenvalue weighted by Gasteiger charge is 2.13. The number of carboxylic acid groups (broad SMARTS) is 1. The maximum absolute atomic E-state index is 12.0. The molecule has 0 spiro atoms. The first kappa shape index (κ1) is 15.8. The van der Waals surface area contributed by atoms with E-state index in [1.807, 2.05) is 17.5 Å². The number of aliphatic carboxylic acids is 1. The van der Waals surface area contributed by atoms with E-state index in [1.165, 1.54) is 11.8 Å². The fraction of sp³-hybridized carbons (Fsp3) is 0.385. The molecule has 1 N–H and O–H groups in total. The second-order valence-electron chi connectivity index (χ2n) is 3.84. The van der Waals surface area contributed by atoms with Gasteiger partial charge in [0.05, 0.1) is 18.7 Å². The first-order valence-corrected chi connectivity index (χ1v) is 7.87. The molecular formula is C13H17NO3S2. The summed E-state index contributed by atoms with van der Waals surface area (Å²) in [5.74, 6) is -0.0423. The number of amides is 1. The van der Waals surface area contributed by atoms with Crippen LogP contribution in [0.5, 0.6) is 0 Å². The number of nitrogens with zero attached hydrogens (tertiary/aromatic N) is 1. The fourth-order valence-corrected chi connectivity index (χ4v) is 2.95. The molecule has 0 aliphatic heterocycles. The third-order valence-corrected chi connectivity index (χ3v) is 4.12. The van der Waals surface area contributed by atoms with Gasteiger partial charge in [0.2, 0.25) is 5.91 Å². The van der Waals surface area contributed by atoms with Gasteiger partial charge in [-0.3, -0.25) is 9.59 Å². The molecule has 4 nitrogen and oxygen atoms in total. The van der Waals surface area contributed by atoms with E-state index >= 15 is 0 Å². The van der Waals surface area contributed by atoms with Gasteiger partial charge in [-0.05, 0) is 11.4 Å². The Hall–Kier alpha value is -1.27. The lowest BCUT2D eigenvalue weighted by Crippen LogP contribution is -2.32. The summed E-state index contributed by atoms with van der Waals surface area (Å²) in [6.45, 7) is 4.75. The second kappa shape index (κ2) is 8.77. The molecule has 0 saturated carbocycles. The Kier molecular flexibility index (Phi) is 7.28. The molecule has 19 heavy (non-hydrogen) atoms. The Morgan fingerprint density at radius 1 is 1.53 bits per heavy atom. The average molecular weight is 299 g/mol. The van der Waals surface area contributed by atoms with Crippen molar-refractivity contribution in [2.24, 2.45) is 0 Å². The number of hydrogen-bond donors (Lipinski definition) is 1. The summed E-state index contributed by atoms with van der Waals surface area (Å²) in [4.78, 5) is 25.2. The van der Waals surface area contributed by atoms with E-state index in [1.54, 1.807) is 22.3 Å². The zero-order valence-electron chi connectivity index (χ0n) is 10.6. The van der Waals surface area contributed by atoms with Gasteiger partial charge in [-0.15, -0.1) is 17.9 Å². The van der Waals surface area contributed by atoms with Gasteiger partial charge in [-0.25, -0.2) is 0 Å². The summed E-state index contributed by atoms with van der Waals surface area (Å²) in [6, 6.07) is 3.95. The molecule has 0 unspecified atom stereocenters. The Labute approximate surface area is 121 Å². The van der Waals surface area contributed by atoms with E-state index in [4.69, 9.17) is 5.11 Å². The quantitative estimate of drug-likeness (QED) is 0.562. The Bertz CT molecular complexity index is 418. The molecular weight excluding hydrogens is 282 g/mol. The molecule has 6 heteroatoms. The maximum Gasteiger partial charge on any atom is 0.304 e. The van der Waals surface area contributed by atoms with Crippen molar-refractivity contribution in [2.45, 2.75) is 13.0 Å². The lowest BCUT2D eigenvalue weighted by molar-refractivity contribution is -0.136. The van der Waals surface area contributed by atoms with Crippen molar-refractivity contribution in [3.8, 4) is 0 Å². The summed E-state index contributed by atoms with van der Waals surface area (Å²) >= 11 is 2.97. The molecule has 0 fully saturated rings. The van der Waals surface area contributed by atoms with E-state index in [0.717, 1.165) is 4.88 Å². The average Bonchev–Trinajstić information content (AvgIpc) is 2.86. The molecule has 0 saturated heterocycles. The highest BCUT2D eigenvalue weighted by Crippen LogP contribution is 2.13. The Balaban J connectivity index is 2.39. The van der Waals surface area contributed by atoms with Crippen LogP contribution in [-0.4, -0.2) is 39.9 Å². The van der Waals surface area contributed by atoms with Crippen LogP contribution >= 0.6 is 23.1 Å². The number of carboxylic acids is 1. The molecule has 104 valence electrons. The van der Waals surface area contributed by atoms with Crippen molar-refractivity contribution >= 4 is 35.0 Å². The number of carbonyl (C=O) groups is 2. The van der Waals surface area contributed by atoms with Gasteiger partial charge in [-0.2, -0.15) is 11.8 Å². The van der Waals surface area contributed by atoms with Crippen molar-refractivity contribution in [2.75, 3.05) is 18.1 Å². The topological polar surface area (TPSA) is 57.6 Å². The normalized spacial score (nSPS) is 10.1. The number of hydrogen-bond acceptors (Lipinski definition) is 4. The first-order chi connectivity index (χ1) is 9.13. The van der Waals surface area contributed by atoms with Crippen molar-refractivity contribution in [1.82, 2.24) is 4.90 Å². The van der Waals surface area contributed by atoms with E-state index in [2.05, 4.69) is 6.58 Å². The first-order valence-electron chi connectivity index (χ1n) is 5.84. The standard InChI is InChI=1S/C13H17NO3S2/c1-2-6-14(9-11-4-3-7-19-11)12(15)10-18-8-5-13(16)17/h2-4,7H,1,5-6,8-10H2,(H,16,17). The zero-order valence-corrected chi connectivity index (χ0v) is 12.2. The lowest BCUT2D eigenvalue weighted by atomic mass is 10.4. The third-order valence-electron chi connectivity index (χ3n) is 2.31. The summed E-state index contributed by atoms with van der Waals surface area (Å²) in [7, 11) is 0. The van der Waals surface area contributed by atoms with Gasteiger partial charge in [0.15, 0.2) is 0 Å². The molecule has 1 aromatic rings. The minimum Gasteiger partial charge on any atom is -0.481 e. The summed E-state index contributed by atoms with van der Waals surface area (Å²) in [6.07, 6.45) is 1.79. The molecule has 0 bridgehead atoms. The molecule has 0 atom stereocenters. The van der Waals surface area contributed by atoms with Gasteiger partial charge in [-0.1, -0.05) is 12.1 Å². The number of carbonyl (C=O) groups excluding carboxylic acids is 1. The van der Waals surface area contributed by atoms with Crippen LogP contribution in [0.3, 0.4) is 0 Å². The molecule has 1 heterocycles. The third kappa shape index (κ3) is 6.45. The van der Waals surface area contributed by atoms with Crippen molar-refractivity contribution in [1.29, 1.82) is 0 Å².